The van der Waals surface area contributed by atoms with Crippen molar-refractivity contribution in [2.75, 3.05) is 16.8 Å². The number of aromatic amines is 1. The molecule has 1 atom stereocenters. The van der Waals surface area contributed by atoms with Crippen LogP contribution in [0, 0.1) is 5.92 Å². The van der Waals surface area contributed by atoms with Gasteiger partial charge >= 0.3 is 5.76 Å². The summed E-state index contributed by atoms with van der Waals surface area (Å²) in [4.78, 5) is 40.0. The van der Waals surface area contributed by atoms with Gasteiger partial charge in [-0.1, -0.05) is 18.2 Å². The van der Waals surface area contributed by atoms with Gasteiger partial charge in [0.25, 0.3) is 0 Å². The number of benzene rings is 2. The Hall–Kier alpha value is -3.35. The van der Waals surface area contributed by atoms with E-state index in [1.807, 2.05) is 30.3 Å². The van der Waals surface area contributed by atoms with Gasteiger partial charge in [-0.25, -0.2) is 4.79 Å². The summed E-state index contributed by atoms with van der Waals surface area (Å²) in [5.74, 6) is -1.28. The minimum Gasteiger partial charge on any atom is -0.408 e. The largest absolute Gasteiger partial charge is 0.417 e. The van der Waals surface area contributed by atoms with Gasteiger partial charge in [-0.15, -0.1) is 0 Å². The SMILES string of the molecule is O=C(Nc1ccc2[nH]c(=O)oc2c1)C1CC(=O)N(c2ccccc2)C1. The summed E-state index contributed by atoms with van der Waals surface area (Å²) in [6.45, 7) is 0.343. The molecule has 1 aliphatic rings. The number of H-pyrrole nitrogens is 1. The van der Waals surface area contributed by atoms with E-state index in [4.69, 9.17) is 4.42 Å². The van der Waals surface area contributed by atoms with Crippen LogP contribution in [0.4, 0.5) is 11.4 Å². The Kier molecular flexibility index (Phi) is 3.61. The lowest BCUT2D eigenvalue weighted by Crippen LogP contribution is -2.28. The molecule has 2 amide bonds. The molecular formula is C18H15N3O4. The first kappa shape index (κ1) is 15.2. The number of oxazole rings is 1. The second-order valence-corrected chi connectivity index (χ2v) is 5.96. The molecule has 0 saturated carbocycles. The molecule has 1 fully saturated rings. The van der Waals surface area contributed by atoms with Crippen LogP contribution in [0.15, 0.2) is 57.7 Å². The van der Waals surface area contributed by atoms with Crippen molar-refractivity contribution in [3.8, 4) is 0 Å². The van der Waals surface area contributed by atoms with E-state index >= 15 is 0 Å². The fourth-order valence-corrected chi connectivity index (χ4v) is 3.01. The van der Waals surface area contributed by atoms with Crippen LogP contribution < -0.4 is 16.0 Å². The number of fused-ring (bicyclic) bond motifs is 1. The zero-order chi connectivity index (χ0) is 17.4. The number of anilines is 2. The summed E-state index contributed by atoms with van der Waals surface area (Å²) in [5.41, 5.74) is 2.25. The average molecular weight is 337 g/mol. The molecule has 126 valence electrons. The molecule has 2 N–H and O–H groups in total. The molecule has 0 spiro atoms. The van der Waals surface area contributed by atoms with Crippen LogP contribution in [0.2, 0.25) is 0 Å². The molecule has 0 bridgehead atoms. The van der Waals surface area contributed by atoms with Crippen molar-refractivity contribution in [3.63, 3.8) is 0 Å². The van der Waals surface area contributed by atoms with Crippen LogP contribution in [-0.4, -0.2) is 23.3 Å². The van der Waals surface area contributed by atoms with E-state index in [0.717, 1.165) is 5.69 Å². The monoisotopic (exact) mass is 337 g/mol. The highest BCUT2D eigenvalue weighted by molar-refractivity contribution is 6.03. The number of aromatic nitrogens is 1. The molecule has 25 heavy (non-hydrogen) atoms. The van der Waals surface area contributed by atoms with Crippen molar-refractivity contribution in [1.82, 2.24) is 4.98 Å². The van der Waals surface area contributed by atoms with Crippen molar-refractivity contribution in [1.29, 1.82) is 0 Å². The van der Waals surface area contributed by atoms with Crippen molar-refractivity contribution in [2.45, 2.75) is 6.42 Å². The van der Waals surface area contributed by atoms with E-state index in [2.05, 4.69) is 10.3 Å². The number of hydrogen-bond acceptors (Lipinski definition) is 4. The van der Waals surface area contributed by atoms with Gasteiger partial charge in [0.05, 0.1) is 11.4 Å². The van der Waals surface area contributed by atoms with Crippen molar-refractivity contribution < 1.29 is 14.0 Å². The molecule has 3 aromatic rings. The Balaban J connectivity index is 1.49. The lowest BCUT2D eigenvalue weighted by molar-refractivity contribution is -0.122. The van der Waals surface area contributed by atoms with Gasteiger partial charge in [-0.3, -0.25) is 14.6 Å². The van der Waals surface area contributed by atoms with Crippen molar-refractivity contribution in [2.24, 2.45) is 5.92 Å². The van der Waals surface area contributed by atoms with E-state index < -0.39 is 11.7 Å². The first-order valence-corrected chi connectivity index (χ1v) is 7.89. The third-order valence-electron chi connectivity index (χ3n) is 4.25. The zero-order valence-electron chi connectivity index (χ0n) is 13.2. The Labute approximate surface area is 142 Å². The van der Waals surface area contributed by atoms with Gasteiger partial charge in [-0.05, 0) is 24.3 Å². The first-order chi connectivity index (χ1) is 12.1. The Morgan fingerprint density at radius 1 is 1.16 bits per heavy atom. The van der Waals surface area contributed by atoms with Crippen LogP contribution in [0.1, 0.15) is 6.42 Å². The fourth-order valence-electron chi connectivity index (χ4n) is 3.01. The second-order valence-electron chi connectivity index (χ2n) is 5.96. The normalized spacial score (nSPS) is 17.2. The molecule has 1 saturated heterocycles. The predicted octanol–water partition coefficient (Wildman–Crippen LogP) is 2.11. The van der Waals surface area contributed by atoms with Crippen LogP contribution in [0.5, 0.6) is 0 Å². The van der Waals surface area contributed by atoms with Gasteiger partial charge in [0.15, 0.2) is 5.58 Å². The highest BCUT2D eigenvalue weighted by Gasteiger charge is 2.35. The molecule has 0 radical (unpaired) electrons. The van der Waals surface area contributed by atoms with Gasteiger partial charge in [-0.2, -0.15) is 0 Å². The van der Waals surface area contributed by atoms with E-state index in [1.165, 1.54) is 0 Å². The van der Waals surface area contributed by atoms with E-state index in [-0.39, 0.29) is 18.2 Å². The summed E-state index contributed by atoms with van der Waals surface area (Å²) >= 11 is 0. The van der Waals surface area contributed by atoms with Crippen LogP contribution >= 0.6 is 0 Å². The van der Waals surface area contributed by atoms with E-state index in [1.54, 1.807) is 23.1 Å². The Bertz CT molecular complexity index is 1010. The number of hydrogen-bond donors (Lipinski definition) is 2. The molecule has 2 aromatic carbocycles. The van der Waals surface area contributed by atoms with E-state index in [0.29, 0.717) is 23.3 Å². The van der Waals surface area contributed by atoms with Gasteiger partial charge in [0.2, 0.25) is 11.8 Å². The standard InChI is InChI=1S/C18H15N3O4/c22-16-8-11(10-21(16)13-4-2-1-3-5-13)17(23)19-12-6-7-14-15(9-12)25-18(24)20-14/h1-7,9,11H,8,10H2,(H,19,23)(H,20,24). The predicted molar refractivity (Wildman–Crippen MR) is 92.4 cm³/mol. The highest BCUT2D eigenvalue weighted by atomic mass is 16.4. The number of carbonyl (C=O) groups excluding carboxylic acids is 2. The number of amides is 2. The smallest absolute Gasteiger partial charge is 0.408 e. The third kappa shape index (κ3) is 2.91. The maximum Gasteiger partial charge on any atom is 0.417 e. The van der Waals surface area contributed by atoms with Gasteiger partial charge in [0, 0.05) is 30.4 Å². The summed E-state index contributed by atoms with van der Waals surface area (Å²) in [6.07, 6.45) is 0.169. The molecule has 7 nitrogen and oxygen atoms in total. The maximum atomic E-state index is 12.5. The van der Waals surface area contributed by atoms with Crippen molar-refractivity contribution >= 4 is 34.3 Å². The zero-order valence-corrected chi connectivity index (χ0v) is 13.2. The lowest BCUT2D eigenvalue weighted by Gasteiger charge is -2.16. The first-order valence-electron chi connectivity index (χ1n) is 7.89. The van der Waals surface area contributed by atoms with Crippen molar-refractivity contribution in [3.05, 3.63) is 59.1 Å². The summed E-state index contributed by atoms with van der Waals surface area (Å²) in [6, 6.07) is 14.2. The number of nitrogens with zero attached hydrogens (tertiary/aromatic N) is 1. The number of para-hydroxylation sites is 1. The highest BCUT2D eigenvalue weighted by Crippen LogP contribution is 2.26. The van der Waals surface area contributed by atoms with Crippen LogP contribution in [0.25, 0.3) is 11.1 Å². The molecule has 1 unspecified atom stereocenters. The third-order valence-corrected chi connectivity index (χ3v) is 4.25. The molecule has 1 aromatic heterocycles. The molecule has 0 aliphatic carbocycles. The lowest BCUT2D eigenvalue weighted by atomic mass is 10.1. The number of nitrogens with one attached hydrogen (secondary N) is 2. The summed E-state index contributed by atoms with van der Waals surface area (Å²) in [7, 11) is 0. The average Bonchev–Trinajstić information content (AvgIpc) is 3.17. The fraction of sp³-hybridized carbons (Fsp3) is 0.167. The molecular weight excluding hydrogens is 322 g/mol. The second kappa shape index (κ2) is 5.94. The van der Waals surface area contributed by atoms with E-state index in [9.17, 15) is 14.4 Å². The number of rotatable bonds is 3. The molecule has 2 heterocycles. The maximum absolute atomic E-state index is 12.5. The molecule has 1 aliphatic heterocycles. The molecule has 7 heteroatoms. The van der Waals surface area contributed by atoms with Crippen LogP contribution in [0.3, 0.4) is 0 Å². The van der Waals surface area contributed by atoms with Gasteiger partial charge < -0.3 is 14.6 Å². The summed E-state index contributed by atoms with van der Waals surface area (Å²) < 4.78 is 4.98. The van der Waals surface area contributed by atoms with Gasteiger partial charge in [0.1, 0.15) is 0 Å². The van der Waals surface area contributed by atoms with Crippen LogP contribution in [-0.2, 0) is 9.59 Å². The summed E-state index contributed by atoms with van der Waals surface area (Å²) in [5, 5.41) is 2.78. The topological polar surface area (TPSA) is 95.4 Å². The minimum absolute atomic E-state index is 0.0709. The quantitative estimate of drug-likeness (QED) is 0.765. The molecule has 4 rings (SSSR count). The minimum atomic E-state index is -0.543. The number of carbonyl (C=O) groups is 2. The Morgan fingerprint density at radius 2 is 1.96 bits per heavy atom. The Morgan fingerprint density at radius 3 is 2.76 bits per heavy atom.